The molecule has 116 valence electrons. The third kappa shape index (κ3) is 3.51. The van der Waals surface area contributed by atoms with Crippen LogP contribution in [0, 0.1) is 0 Å². The SMILES string of the molecule is FC(F)(F)c1ccccc1-c1cccc(Nc2cccnc2)c1. The first-order chi connectivity index (χ1) is 11.0. The van der Waals surface area contributed by atoms with E-state index in [-0.39, 0.29) is 5.56 Å². The van der Waals surface area contributed by atoms with Gasteiger partial charge in [0.1, 0.15) is 0 Å². The summed E-state index contributed by atoms with van der Waals surface area (Å²) >= 11 is 0. The number of halogens is 3. The molecule has 0 aliphatic rings. The molecule has 0 bridgehead atoms. The maximum atomic E-state index is 13.2. The van der Waals surface area contributed by atoms with Crippen LogP contribution in [0.5, 0.6) is 0 Å². The fourth-order valence-corrected chi connectivity index (χ4v) is 2.35. The molecule has 23 heavy (non-hydrogen) atoms. The first-order valence-corrected chi connectivity index (χ1v) is 6.98. The van der Waals surface area contributed by atoms with Crippen LogP contribution in [0.15, 0.2) is 73.1 Å². The van der Waals surface area contributed by atoms with E-state index < -0.39 is 11.7 Å². The van der Waals surface area contributed by atoms with Gasteiger partial charge in [0.2, 0.25) is 0 Å². The molecule has 0 saturated heterocycles. The highest BCUT2D eigenvalue weighted by Crippen LogP contribution is 2.37. The van der Waals surface area contributed by atoms with Crippen LogP contribution in [-0.2, 0) is 6.18 Å². The standard InChI is InChI=1S/C18H13F3N2/c19-18(20,21)17-9-2-1-8-16(17)13-5-3-6-14(11-13)23-15-7-4-10-22-12-15/h1-12,23H. The van der Waals surface area contributed by atoms with Gasteiger partial charge in [0, 0.05) is 11.9 Å². The van der Waals surface area contributed by atoms with Gasteiger partial charge in [-0.25, -0.2) is 0 Å². The largest absolute Gasteiger partial charge is 0.417 e. The van der Waals surface area contributed by atoms with Gasteiger partial charge in [0.05, 0.1) is 17.4 Å². The van der Waals surface area contributed by atoms with Crippen LogP contribution in [0.3, 0.4) is 0 Å². The third-order valence-corrected chi connectivity index (χ3v) is 3.36. The van der Waals surface area contributed by atoms with Crippen molar-refractivity contribution in [2.24, 2.45) is 0 Å². The Morgan fingerprint density at radius 3 is 2.35 bits per heavy atom. The molecule has 0 saturated carbocycles. The Balaban J connectivity index is 1.98. The van der Waals surface area contributed by atoms with E-state index in [4.69, 9.17) is 0 Å². The van der Waals surface area contributed by atoms with Crippen LogP contribution in [-0.4, -0.2) is 4.98 Å². The maximum Gasteiger partial charge on any atom is 0.417 e. The van der Waals surface area contributed by atoms with E-state index in [1.807, 2.05) is 6.07 Å². The summed E-state index contributed by atoms with van der Waals surface area (Å²) in [6.45, 7) is 0. The summed E-state index contributed by atoms with van der Waals surface area (Å²) in [5, 5.41) is 3.13. The lowest BCUT2D eigenvalue weighted by Crippen LogP contribution is -2.06. The molecule has 0 atom stereocenters. The van der Waals surface area contributed by atoms with Gasteiger partial charge >= 0.3 is 6.18 Å². The molecule has 0 unspecified atom stereocenters. The Morgan fingerprint density at radius 2 is 1.61 bits per heavy atom. The van der Waals surface area contributed by atoms with Crippen molar-refractivity contribution >= 4 is 11.4 Å². The summed E-state index contributed by atoms with van der Waals surface area (Å²) in [4.78, 5) is 4.00. The van der Waals surface area contributed by atoms with Crippen LogP contribution in [0.1, 0.15) is 5.56 Å². The minimum absolute atomic E-state index is 0.162. The summed E-state index contributed by atoms with van der Waals surface area (Å²) < 4.78 is 39.5. The maximum absolute atomic E-state index is 13.2. The summed E-state index contributed by atoms with van der Waals surface area (Å²) in [6, 6.07) is 16.1. The Kier molecular flexibility index (Phi) is 4.02. The summed E-state index contributed by atoms with van der Waals surface area (Å²) in [6.07, 6.45) is -1.08. The van der Waals surface area contributed by atoms with Crippen LogP contribution in [0.2, 0.25) is 0 Å². The fourth-order valence-electron chi connectivity index (χ4n) is 2.35. The second-order valence-corrected chi connectivity index (χ2v) is 4.99. The quantitative estimate of drug-likeness (QED) is 0.689. The zero-order valence-corrected chi connectivity index (χ0v) is 12.0. The minimum Gasteiger partial charge on any atom is -0.354 e. The second-order valence-electron chi connectivity index (χ2n) is 4.99. The smallest absolute Gasteiger partial charge is 0.354 e. The van der Waals surface area contributed by atoms with E-state index in [1.54, 1.807) is 48.8 Å². The van der Waals surface area contributed by atoms with Gasteiger partial charge in [-0.3, -0.25) is 4.98 Å². The van der Waals surface area contributed by atoms with Gasteiger partial charge < -0.3 is 5.32 Å². The number of hydrogen-bond acceptors (Lipinski definition) is 2. The number of nitrogens with one attached hydrogen (secondary N) is 1. The number of anilines is 2. The van der Waals surface area contributed by atoms with Gasteiger partial charge in [-0.2, -0.15) is 13.2 Å². The minimum atomic E-state index is -4.39. The molecule has 2 aromatic carbocycles. The van der Waals surface area contributed by atoms with Gasteiger partial charge in [-0.15, -0.1) is 0 Å². The Hall–Kier alpha value is -2.82. The molecule has 3 rings (SSSR count). The number of nitrogens with zero attached hydrogens (tertiary/aromatic N) is 1. The van der Waals surface area contributed by atoms with Crippen molar-refractivity contribution in [3.8, 4) is 11.1 Å². The van der Waals surface area contributed by atoms with Gasteiger partial charge in [0.25, 0.3) is 0 Å². The number of hydrogen-bond donors (Lipinski definition) is 1. The molecule has 2 nitrogen and oxygen atoms in total. The van der Waals surface area contributed by atoms with Crippen LogP contribution < -0.4 is 5.32 Å². The number of pyridine rings is 1. The van der Waals surface area contributed by atoms with E-state index in [0.29, 0.717) is 11.3 Å². The Bertz CT molecular complexity index is 799. The third-order valence-electron chi connectivity index (χ3n) is 3.36. The monoisotopic (exact) mass is 314 g/mol. The number of aromatic nitrogens is 1. The molecular weight excluding hydrogens is 301 g/mol. The van der Waals surface area contributed by atoms with Crippen molar-refractivity contribution < 1.29 is 13.2 Å². The molecular formula is C18H13F3N2. The lowest BCUT2D eigenvalue weighted by molar-refractivity contribution is -0.137. The predicted octanol–water partition coefficient (Wildman–Crippen LogP) is 5.51. The first kappa shape index (κ1) is 15.1. The van der Waals surface area contributed by atoms with E-state index in [0.717, 1.165) is 11.8 Å². The molecule has 0 spiro atoms. The summed E-state index contributed by atoms with van der Waals surface area (Å²) in [5.74, 6) is 0. The van der Waals surface area contributed by atoms with E-state index in [2.05, 4.69) is 10.3 Å². The van der Waals surface area contributed by atoms with Crippen LogP contribution in [0.4, 0.5) is 24.5 Å². The average Bonchev–Trinajstić information content (AvgIpc) is 2.55. The van der Waals surface area contributed by atoms with Crippen molar-refractivity contribution in [3.63, 3.8) is 0 Å². The number of rotatable bonds is 3. The van der Waals surface area contributed by atoms with E-state index in [1.165, 1.54) is 12.1 Å². The van der Waals surface area contributed by atoms with Crippen molar-refractivity contribution in [3.05, 3.63) is 78.6 Å². The lowest BCUT2D eigenvalue weighted by Gasteiger charge is -2.14. The topological polar surface area (TPSA) is 24.9 Å². The van der Waals surface area contributed by atoms with Crippen molar-refractivity contribution in [2.45, 2.75) is 6.18 Å². The van der Waals surface area contributed by atoms with Crippen LogP contribution >= 0.6 is 0 Å². The van der Waals surface area contributed by atoms with Gasteiger partial charge in [0.15, 0.2) is 0 Å². The van der Waals surface area contributed by atoms with Crippen LogP contribution in [0.25, 0.3) is 11.1 Å². The molecule has 1 heterocycles. The average molecular weight is 314 g/mol. The lowest BCUT2D eigenvalue weighted by atomic mass is 9.99. The van der Waals surface area contributed by atoms with Gasteiger partial charge in [-0.1, -0.05) is 30.3 Å². The number of alkyl halides is 3. The molecule has 1 N–H and O–H groups in total. The zero-order chi connectivity index (χ0) is 16.3. The molecule has 0 radical (unpaired) electrons. The second kappa shape index (κ2) is 6.12. The molecule has 3 aromatic rings. The number of benzene rings is 2. The van der Waals surface area contributed by atoms with E-state index >= 15 is 0 Å². The first-order valence-electron chi connectivity index (χ1n) is 6.98. The highest BCUT2D eigenvalue weighted by Gasteiger charge is 2.33. The highest BCUT2D eigenvalue weighted by atomic mass is 19.4. The van der Waals surface area contributed by atoms with Gasteiger partial charge in [-0.05, 0) is 41.5 Å². The molecule has 5 heteroatoms. The van der Waals surface area contributed by atoms with Crippen molar-refractivity contribution in [1.29, 1.82) is 0 Å². The zero-order valence-electron chi connectivity index (χ0n) is 12.0. The summed E-state index contributed by atoms with van der Waals surface area (Å²) in [7, 11) is 0. The predicted molar refractivity (Wildman–Crippen MR) is 84.4 cm³/mol. The van der Waals surface area contributed by atoms with Crippen molar-refractivity contribution in [2.75, 3.05) is 5.32 Å². The highest BCUT2D eigenvalue weighted by molar-refractivity contribution is 5.73. The Labute approximate surface area is 131 Å². The van der Waals surface area contributed by atoms with E-state index in [9.17, 15) is 13.2 Å². The molecule has 0 aliphatic heterocycles. The molecule has 0 amide bonds. The molecule has 1 aromatic heterocycles. The molecule has 0 fully saturated rings. The normalized spacial score (nSPS) is 11.3. The molecule has 0 aliphatic carbocycles. The Morgan fingerprint density at radius 1 is 0.826 bits per heavy atom. The summed E-state index contributed by atoms with van der Waals surface area (Å²) in [5.41, 5.74) is 1.50. The van der Waals surface area contributed by atoms with Crippen molar-refractivity contribution in [1.82, 2.24) is 4.98 Å². The fraction of sp³-hybridized carbons (Fsp3) is 0.0556.